The van der Waals surface area contributed by atoms with E-state index in [1.54, 1.807) is 30.3 Å². The lowest BCUT2D eigenvalue weighted by atomic mass is 10.1. The Bertz CT molecular complexity index is 1120. The number of imide groups is 1. The molecule has 29 heavy (non-hydrogen) atoms. The largest absolute Gasteiger partial charge is 0.322 e. The van der Waals surface area contributed by atoms with E-state index in [2.05, 4.69) is 15.5 Å². The van der Waals surface area contributed by atoms with E-state index in [9.17, 15) is 14.4 Å². The molecule has 0 spiro atoms. The van der Waals surface area contributed by atoms with E-state index >= 15 is 0 Å². The number of benzene rings is 2. The Labute approximate surface area is 167 Å². The third-order valence-electron chi connectivity index (χ3n) is 4.89. The number of aromatic nitrogens is 3. The van der Waals surface area contributed by atoms with Crippen LogP contribution in [0, 0.1) is 6.92 Å². The van der Waals surface area contributed by atoms with Crippen LogP contribution in [0.1, 0.15) is 29.0 Å². The molecule has 8 nitrogen and oxygen atoms in total. The topological polar surface area (TPSA) is 97.2 Å². The zero-order valence-corrected chi connectivity index (χ0v) is 16.0. The normalized spacial score (nSPS) is 13.8. The Balaban J connectivity index is 1.57. The van der Waals surface area contributed by atoms with Gasteiger partial charge in [-0.15, -0.1) is 10.2 Å². The van der Waals surface area contributed by atoms with Crippen molar-refractivity contribution in [3.63, 3.8) is 0 Å². The third-order valence-corrected chi connectivity index (χ3v) is 4.89. The lowest BCUT2D eigenvalue weighted by Gasteiger charge is -2.15. The highest BCUT2D eigenvalue weighted by Gasteiger charge is 2.30. The van der Waals surface area contributed by atoms with Crippen LogP contribution in [0.2, 0.25) is 0 Å². The maximum atomic E-state index is 12.7. The molecule has 146 valence electrons. The van der Waals surface area contributed by atoms with E-state index in [1.807, 2.05) is 36.7 Å². The van der Waals surface area contributed by atoms with E-state index < -0.39 is 0 Å². The highest BCUT2D eigenvalue weighted by molar-refractivity contribution is 6.20. The molecular formula is C21H19N5O3. The molecule has 0 unspecified atom stereocenters. The van der Waals surface area contributed by atoms with E-state index in [0.29, 0.717) is 22.8 Å². The molecule has 1 saturated heterocycles. The summed E-state index contributed by atoms with van der Waals surface area (Å²) in [6.45, 7) is 1.87. The summed E-state index contributed by atoms with van der Waals surface area (Å²) in [6, 6.07) is 13.8. The number of nitrogens with zero attached hydrogens (tertiary/aromatic N) is 4. The molecule has 3 aromatic rings. The number of aryl methyl sites for hydroxylation is 1. The number of amides is 3. The molecule has 0 atom stereocenters. The van der Waals surface area contributed by atoms with Gasteiger partial charge in [0.1, 0.15) is 5.82 Å². The Morgan fingerprint density at radius 1 is 1.00 bits per heavy atom. The van der Waals surface area contributed by atoms with Crippen molar-refractivity contribution in [2.24, 2.45) is 7.05 Å². The summed E-state index contributed by atoms with van der Waals surface area (Å²) in [5, 5.41) is 11.1. The second kappa shape index (κ2) is 7.31. The van der Waals surface area contributed by atoms with Crippen molar-refractivity contribution in [2.75, 3.05) is 10.2 Å². The Kier molecular flexibility index (Phi) is 4.67. The minimum absolute atomic E-state index is 0.198. The summed E-state index contributed by atoms with van der Waals surface area (Å²) in [4.78, 5) is 37.8. The minimum atomic E-state index is -0.336. The van der Waals surface area contributed by atoms with E-state index in [-0.39, 0.29) is 30.6 Å². The van der Waals surface area contributed by atoms with Crippen molar-refractivity contribution in [3.05, 3.63) is 59.9 Å². The molecular weight excluding hydrogens is 370 g/mol. The standard InChI is InChI=1S/C21H19N5O3/c1-13-23-24-20(25(13)2)14-5-3-7-16(11-14)22-21(29)15-6-4-8-17(12-15)26-18(27)9-10-19(26)28/h3-8,11-12H,9-10H2,1-2H3,(H,22,29). The average molecular weight is 389 g/mol. The summed E-state index contributed by atoms with van der Waals surface area (Å²) < 4.78 is 1.87. The highest BCUT2D eigenvalue weighted by Crippen LogP contribution is 2.25. The maximum absolute atomic E-state index is 12.7. The lowest BCUT2D eigenvalue weighted by molar-refractivity contribution is -0.121. The molecule has 3 amide bonds. The number of hydrogen-bond acceptors (Lipinski definition) is 5. The number of carbonyl (C=O) groups is 3. The third kappa shape index (κ3) is 3.52. The number of hydrogen-bond donors (Lipinski definition) is 1. The van der Waals surface area contributed by atoms with Gasteiger partial charge < -0.3 is 9.88 Å². The fourth-order valence-corrected chi connectivity index (χ4v) is 3.25. The zero-order valence-electron chi connectivity index (χ0n) is 16.0. The van der Waals surface area contributed by atoms with Crippen LogP contribution in [0.15, 0.2) is 48.5 Å². The van der Waals surface area contributed by atoms with Crippen molar-refractivity contribution in [3.8, 4) is 11.4 Å². The summed E-state index contributed by atoms with van der Waals surface area (Å²) in [5.74, 6) is 0.652. The predicted octanol–water partition coefficient (Wildman–Crippen LogP) is 2.70. The van der Waals surface area contributed by atoms with Gasteiger partial charge in [-0.25, -0.2) is 0 Å². The number of nitrogens with one attached hydrogen (secondary N) is 1. The monoisotopic (exact) mass is 389 g/mol. The molecule has 2 aromatic carbocycles. The molecule has 1 fully saturated rings. The Morgan fingerprint density at radius 3 is 2.41 bits per heavy atom. The first-order valence-corrected chi connectivity index (χ1v) is 9.17. The van der Waals surface area contributed by atoms with Crippen LogP contribution in [-0.2, 0) is 16.6 Å². The maximum Gasteiger partial charge on any atom is 0.255 e. The van der Waals surface area contributed by atoms with Crippen LogP contribution < -0.4 is 10.2 Å². The highest BCUT2D eigenvalue weighted by atomic mass is 16.2. The van der Waals surface area contributed by atoms with Crippen LogP contribution in [0.25, 0.3) is 11.4 Å². The first-order chi connectivity index (χ1) is 13.9. The average Bonchev–Trinajstić information content (AvgIpc) is 3.23. The molecule has 1 aromatic heterocycles. The first kappa shape index (κ1) is 18.5. The van der Waals surface area contributed by atoms with Gasteiger partial charge in [-0.2, -0.15) is 0 Å². The number of anilines is 2. The lowest BCUT2D eigenvalue weighted by Crippen LogP contribution is -2.28. The van der Waals surface area contributed by atoms with E-state index in [1.165, 1.54) is 0 Å². The van der Waals surface area contributed by atoms with Crippen LogP contribution in [0.3, 0.4) is 0 Å². The van der Waals surface area contributed by atoms with Gasteiger partial charge in [-0.3, -0.25) is 19.3 Å². The molecule has 2 heterocycles. The van der Waals surface area contributed by atoms with Gasteiger partial charge in [0, 0.05) is 36.7 Å². The number of carbonyl (C=O) groups excluding carboxylic acids is 3. The molecule has 0 bridgehead atoms. The molecule has 0 radical (unpaired) electrons. The molecule has 4 rings (SSSR count). The summed E-state index contributed by atoms with van der Waals surface area (Å²) in [6.07, 6.45) is 0.396. The fourth-order valence-electron chi connectivity index (χ4n) is 3.25. The van der Waals surface area contributed by atoms with Gasteiger partial charge in [-0.1, -0.05) is 18.2 Å². The molecule has 1 N–H and O–H groups in total. The van der Waals surface area contributed by atoms with Gasteiger partial charge in [-0.05, 0) is 37.3 Å². The summed E-state index contributed by atoms with van der Waals surface area (Å²) in [7, 11) is 1.88. The van der Waals surface area contributed by atoms with Crippen LogP contribution >= 0.6 is 0 Å². The van der Waals surface area contributed by atoms with Crippen LogP contribution in [0.5, 0.6) is 0 Å². The summed E-state index contributed by atoms with van der Waals surface area (Å²) >= 11 is 0. The van der Waals surface area contributed by atoms with Crippen molar-refractivity contribution >= 4 is 29.1 Å². The van der Waals surface area contributed by atoms with Gasteiger partial charge in [0.25, 0.3) is 5.91 Å². The van der Waals surface area contributed by atoms with Crippen molar-refractivity contribution < 1.29 is 14.4 Å². The van der Waals surface area contributed by atoms with Gasteiger partial charge in [0.05, 0.1) is 5.69 Å². The summed E-state index contributed by atoms with van der Waals surface area (Å²) in [5.41, 5.74) is 2.20. The smallest absolute Gasteiger partial charge is 0.255 e. The first-order valence-electron chi connectivity index (χ1n) is 9.17. The quantitative estimate of drug-likeness (QED) is 0.692. The van der Waals surface area contributed by atoms with Crippen molar-refractivity contribution in [1.29, 1.82) is 0 Å². The van der Waals surface area contributed by atoms with Crippen LogP contribution in [0.4, 0.5) is 11.4 Å². The number of rotatable bonds is 4. The van der Waals surface area contributed by atoms with E-state index in [4.69, 9.17) is 0 Å². The molecule has 1 aliphatic heterocycles. The van der Waals surface area contributed by atoms with Crippen LogP contribution in [-0.4, -0.2) is 32.5 Å². The predicted molar refractivity (Wildman–Crippen MR) is 107 cm³/mol. The second-order valence-electron chi connectivity index (χ2n) is 6.84. The zero-order chi connectivity index (χ0) is 20.5. The Hall–Kier alpha value is -3.81. The van der Waals surface area contributed by atoms with Crippen molar-refractivity contribution in [1.82, 2.24) is 14.8 Å². The minimum Gasteiger partial charge on any atom is -0.322 e. The molecule has 0 saturated carbocycles. The van der Waals surface area contributed by atoms with Gasteiger partial charge in [0.2, 0.25) is 11.8 Å². The molecule has 8 heteroatoms. The second-order valence-corrected chi connectivity index (χ2v) is 6.84. The van der Waals surface area contributed by atoms with Crippen molar-refractivity contribution in [2.45, 2.75) is 19.8 Å². The van der Waals surface area contributed by atoms with Gasteiger partial charge >= 0.3 is 0 Å². The Morgan fingerprint density at radius 2 is 1.72 bits per heavy atom. The fraction of sp³-hybridized carbons (Fsp3) is 0.190. The van der Waals surface area contributed by atoms with E-state index in [0.717, 1.165) is 16.3 Å². The SMILES string of the molecule is Cc1nnc(-c2cccc(NC(=O)c3cccc(N4C(=O)CCC4=O)c3)c2)n1C. The molecule has 0 aliphatic carbocycles. The van der Waals surface area contributed by atoms with Gasteiger partial charge in [0.15, 0.2) is 5.82 Å². The molecule has 1 aliphatic rings.